The van der Waals surface area contributed by atoms with Gasteiger partial charge in [-0.1, -0.05) is 55.1 Å². The summed E-state index contributed by atoms with van der Waals surface area (Å²) in [5.74, 6) is -0.906. The first kappa shape index (κ1) is 24.1. The number of amides is 1. The molecule has 1 heterocycles. The average Bonchev–Trinajstić information content (AvgIpc) is 3.00. The second kappa shape index (κ2) is 10.4. The van der Waals surface area contributed by atoms with E-state index in [0.717, 1.165) is 24.8 Å². The largest absolute Gasteiger partial charge is 0.507 e. The number of aliphatic hydroxyl groups is 1. The Morgan fingerprint density at radius 1 is 1.06 bits per heavy atom. The van der Waals surface area contributed by atoms with Gasteiger partial charge >= 0.3 is 0 Å². The highest BCUT2D eigenvalue weighted by atomic mass is 35.5. The maximum Gasteiger partial charge on any atom is 0.295 e. The summed E-state index contributed by atoms with van der Waals surface area (Å²) in [5, 5.41) is 11.7. The Morgan fingerprint density at radius 3 is 2.34 bits per heavy atom. The zero-order valence-electron chi connectivity index (χ0n) is 18.4. The van der Waals surface area contributed by atoms with Crippen molar-refractivity contribution < 1.29 is 19.4 Å². The van der Waals surface area contributed by atoms with Crippen LogP contribution in [0.25, 0.3) is 5.76 Å². The molecule has 0 saturated carbocycles. The van der Waals surface area contributed by atoms with Gasteiger partial charge in [0.2, 0.25) is 0 Å². The lowest BCUT2D eigenvalue weighted by atomic mass is 9.95. The third kappa shape index (κ3) is 5.11. The lowest BCUT2D eigenvalue weighted by Gasteiger charge is -2.25. The first-order valence-corrected chi connectivity index (χ1v) is 11.5. The van der Waals surface area contributed by atoms with Crippen LogP contribution in [0.5, 0.6) is 5.75 Å². The van der Waals surface area contributed by atoms with Gasteiger partial charge in [0, 0.05) is 12.1 Å². The van der Waals surface area contributed by atoms with Gasteiger partial charge in [0.05, 0.1) is 27.8 Å². The first-order chi connectivity index (χ1) is 15.2. The highest BCUT2D eigenvalue weighted by Crippen LogP contribution is 2.40. The van der Waals surface area contributed by atoms with Crippen LogP contribution in [0.1, 0.15) is 57.2 Å². The molecule has 170 valence electrons. The maximum atomic E-state index is 13.0. The third-order valence-corrected chi connectivity index (χ3v) is 6.04. The van der Waals surface area contributed by atoms with Crippen molar-refractivity contribution in [2.24, 2.45) is 0 Å². The van der Waals surface area contributed by atoms with Gasteiger partial charge in [0.15, 0.2) is 0 Å². The van der Waals surface area contributed by atoms with Crippen molar-refractivity contribution in [2.75, 3.05) is 6.54 Å². The number of likely N-dealkylation sites (tertiary alicyclic amines) is 1. The molecule has 1 saturated heterocycles. The van der Waals surface area contributed by atoms with Crippen LogP contribution in [0.2, 0.25) is 10.0 Å². The minimum absolute atomic E-state index is 0.0233. The van der Waals surface area contributed by atoms with E-state index in [-0.39, 0.29) is 22.5 Å². The van der Waals surface area contributed by atoms with Crippen LogP contribution in [-0.2, 0) is 9.59 Å². The molecule has 2 aromatic carbocycles. The summed E-state index contributed by atoms with van der Waals surface area (Å²) in [7, 11) is 0. The number of Topliss-reactive ketones (excluding diaryl/α,β-unsaturated/α-hetero) is 1. The van der Waals surface area contributed by atoms with Crippen molar-refractivity contribution in [2.45, 2.75) is 52.2 Å². The maximum absolute atomic E-state index is 13.0. The topological polar surface area (TPSA) is 66.8 Å². The van der Waals surface area contributed by atoms with Crippen LogP contribution in [-0.4, -0.2) is 34.3 Å². The molecule has 0 bridgehead atoms. The number of hydrogen-bond acceptors (Lipinski definition) is 4. The Bertz CT molecular complexity index is 1030. The highest BCUT2D eigenvalue weighted by Gasteiger charge is 2.45. The number of nitrogens with zero attached hydrogens (tertiary/aromatic N) is 1. The number of ketones is 1. The second-order valence-electron chi connectivity index (χ2n) is 8.06. The van der Waals surface area contributed by atoms with Crippen LogP contribution in [0.3, 0.4) is 0 Å². The zero-order valence-corrected chi connectivity index (χ0v) is 19.9. The Labute approximate surface area is 198 Å². The molecule has 0 radical (unpaired) electrons. The van der Waals surface area contributed by atoms with Gasteiger partial charge in [0.1, 0.15) is 11.5 Å². The molecular formula is C25H27Cl2NO4. The molecule has 5 nitrogen and oxygen atoms in total. The van der Waals surface area contributed by atoms with Gasteiger partial charge in [0.25, 0.3) is 11.7 Å². The molecule has 1 aliphatic rings. The van der Waals surface area contributed by atoms with E-state index in [9.17, 15) is 14.7 Å². The molecule has 0 aliphatic carbocycles. The van der Waals surface area contributed by atoms with Gasteiger partial charge in [-0.05, 0) is 56.2 Å². The van der Waals surface area contributed by atoms with Gasteiger partial charge < -0.3 is 14.7 Å². The fourth-order valence-corrected chi connectivity index (χ4v) is 4.09. The number of aliphatic hydroxyl groups excluding tert-OH is 1. The smallest absolute Gasteiger partial charge is 0.295 e. The van der Waals surface area contributed by atoms with E-state index in [4.69, 9.17) is 27.9 Å². The van der Waals surface area contributed by atoms with Gasteiger partial charge in [-0.2, -0.15) is 0 Å². The lowest BCUT2D eigenvalue weighted by molar-refractivity contribution is -0.139. The van der Waals surface area contributed by atoms with Crippen LogP contribution in [0.4, 0.5) is 0 Å². The number of benzene rings is 2. The van der Waals surface area contributed by atoms with E-state index >= 15 is 0 Å². The predicted octanol–water partition coefficient (Wildman–Crippen LogP) is 6.39. The monoisotopic (exact) mass is 475 g/mol. The summed E-state index contributed by atoms with van der Waals surface area (Å²) in [4.78, 5) is 27.5. The first-order valence-electron chi connectivity index (χ1n) is 10.7. The minimum Gasteiger partial charge on any atom is -0.507 e. The van der Waals surface area contributed by atoms with Crippen molar-refractivity contribution in [3.8, 4) is 5.75 Å². The summed E-state index contributed by atoms with van der Waals surface area (Å²) in [6.07, 6.45) is 2.71. The van der Waals surface area contributed by atoms with Crippen molar-refractivity contribution in [1.82, 2.24) is 4.90 Å². The van der Waals surface area contributed by atoms with Crippen LogP contribution in [0, 0.1) is 0 Å². The molecule has 1 fully saturated rings. The lowest BCUT2D eigenvalue weighted by Crippen LogP contribution is -2.30. The molecule has 1 atom stereocenters. The number of ether oxygens (including phenoxy) is 1. The Morgan fingerprint density at radius 2 is 1.75 bits per heavy atom. The Kier molecular flexibility index (Phi) is 7.86. The van der Waals surface area contributed by atoms with E-state index in [1.165, 1.54) is 6.07 Å². The fraction of sp³-hybridized carbons (Fsp3) is 0.360. The Hall–Kier alpha value is -2.50. The molecule has 32 heavy (non-hydrogen) atoms. The average molecular weight is 476 g/mol. The van der Waals surface area contributed by atoms with Crippen molar-refractivity contribution in [1.29, 1.82) is 0 Å². The summed E-state index contributed by atoms with van der Waals surface area (Å²) in [6.45, 7) is 6.37. The molecule has 0 spiro atoms. The molecule has 1 aliphatic heterocycles. The summed E-state index contributed by atoms with van der Waals surface area (Å²) >= 11 is 12.1. The van der Waals surface area contributed by atoms with Gasteiger partial charge in [-0.15, -0.1) is 0 Å². The molecule has 0 aromatic heterocycles. The fourth-order valence-electron chi connectivity index (χ4n) is 3.79. The summed E-state index contributed by atoms with van der Waals surface area (Å²) < 4.78 is 5.71. The molecule has 1 N–H and O–H groups in total. The van der Waals surface area contributed by atoms with Gasteiger partial charge in [-0.25, -0.2) is 0 Å². The Balaban J connectivity index is 2.09. The standard InChI is InChI=1S/C25H27Cl2NO4/c1-4-5-6-13-28-22(16-7-10-18(11-8-16)32-15(2)3)21(24(30)25(28)31)23(29)17-9-12-19(26)20(27)14-17/h7-12,14-15,22,29H,4-6,13H2,1-3H3/b23-21-. The minimum atomic E-state index is -0.711. The van der Waals surface area contributed by atoms with E-state index in [1.807, 2.05) is 26.0 Å². The van der Waals surface area contributed by atoms with E-state index < -0.39 is 17.7 Å². The number of rotatable bonds is 8. The second-order valence-corrected chi connectivity index (χ2v) is 8.88. The molecular weight excluding hydrogens is 449 g/mol. The van der Waals surface area contributed by atoms with Crippen molar-refractivity contribution >= 4 is 40.7 Å². The van der Waals surface area contributed by atoms with E-state index in [1.54, 1.807) is 29.2 Å². The quantitative estimate of drug-likeness (QED) is 0.207. The van der Waals surface area contributed by atoms with Crippen LogP contribution < -0.4 is 4.74 Å². The number of halogens is 2. The third-order valence-electron chi connectivity index (χ3n) is 5.30. The normalized spacial score (nSPS) is 17.9. The van der Waals surface area contributed by atoms with Crippen molar-refractivity contribution in [3.05, 3.63) is 69.2 Å². The van der Waals surface area contributed by atoms with E-state index in [0.29, 0.717) is 22.9 Å². The van der Waals surface area contributed by atoms with E-state index in [2.05, 4.69) is 6.92 Å². The molecule has 3 rings (SSSR count). The number of unbranched alkanes of at least 4 members (excludes halogenated alkanes) is 2. The highest BCUT2D eigenvalue weighted by molar-refractivity contribution is 6.46. The number of carbonyl (C=O) groups excluding carboxylic acids is 2. The summed E-state index contributed by atoms with van der Waals surface area (Å²) in [5.41, 5.74) is 1.09. The summed E-state index contributed by atoms with van der Waals surface area (Å²) in [6, 6.07) is 11.2. The van der Waals surface area contributed by atoms with Crippen LogP contribution >= 0.6 is 23.2 Å². The van der Waals surface area contributed by atoms with Gasteiger partial charge in [-0.3, -0.25) is 9.59 Å². The van der Waals surface area contributed by atoms with Crippen molar-refractivity contribution in [3.63, 3.8) is 0 Å². The predicted molar refractivity (Wildman–Crippen MR) is 127 cm³/mol. The zero-order chi connectivity index (χ0) is 23.4. The van der Waals surface area contributed by atoms with Crippen LogP contribution in [0.15, 0.2) is 48.0 Å². The molecule has 1 amide bonds. The number of hydrogen-bond donors (Lipinski definition) is 1. The number of carbonyl (C=O) groups is 2. The molecule has 1 unspecified atom stereocenters. The SMILES string of the molecule is CCCCCN1C(=O)C(=O)/C(=C(\O)c2ccc(Cl)c(Cl)c2)C1c1ccc(OC(C)C)cc1. The molecule has 2 aromatic rings. The molecule has 7 heteroatoms.